The van der Waals surface area contributed by atoms with Crippen molar-refractivity contribution in [3.63, 3.8) is 0 Å². The van der Waals surface area contributed by atoms with Crippen molar-refractivity contribution in [1.82, 2.24) is 14.9 Å². The molecule has 3 rings (SSSR count). The molecular formula is C12H15N3OS. The number of fused-ring (bicyclic) bond motifs is 1. The molecule has 1 fully saturated rings. The zero-order valence-electron chi connectivity index (χ0n) is 9.56. The maximum atomic E-state index is 12.2. The highest BCUT2D eigenvalue weighted by Gasteiger charge is 2.15. The number of nitrogens with zero attached hydrogens (tertiary/aromatic N) is 2. The van der Waals surface area contributed by atoms with Crippen LogP contribution in [-0.2, 0) is 6.54 Å². The Balaban J connectivity index is 1.89. The van der Waals surface area contributed by atoms with Gasteiger partial charge < -0.3 is 5.32 Å². The van der Waals surface area contributed by atoms with Crippen LogP contribution >= 0.6 is 11.3 Å². The number of aromatic nitrogens is 2. The smallest absolute Gasteiger partial charge is 0.271 e. The molecule has 17 heavy (non-hydrogen) atoms. The van der Waals surface area contributed by atoms with E-state index in [4.69, 9.17) is 0 Å². The van der Waals surface area contributed by atoms with E-state index in [0.717, 1.165) is 29.9 Å². The van der Waals surface area contributed by atoms with E-state index in [1.807, 2.05) is 11.4 Å². The molecule has 1 aliphatic rings. The third-order valence-corrected chi connectivity index (χ3v) is 4.18. The Hall–Kier alpha value is -1.20. The van der Waals surface area contributed by atoms with E-state index in [2.05, 4.69) is 10.3 Å². The molecule has 0 radical (unpaired) electrons. The molecule has 0 bridgehead atoms. The molecule has 4 nitrogen and oxygen atoms in total. The molecule has 0 aliphatic carbocycles. The third-order valence-electron chi connectivity index (χ3n) is 3.29. The standard InChI is InChI=1S/C12H15N3OS/c16-12-11-10(3-5-17-11)14-8-15(12)7-9-2-1-4-13-6-9/h3,5,8-9,13H,1-2,4,6-7H2. The molecule has 1 saturated heterocycles. The molecule has 2 aromatic rings. The van der Waals surface area contributed by atoms with Gasteiger partial charge in [-0.2, -0.15) is 0 Å². The van der Waals surface area contributed by atoms with Gasteiger partial charge in [-0.3, -0.25) is 9.36 Å². The van der Waals surface area contributed by atoms with Gasteiger partial charge in [0.15, 0.2) is 0 Å². The molecule has 0 amide bonds. The van der Waals surface area contributed by atoms with Crippen LogP contribution < -0.4 is 10.9 Å². The highest BCUT2D eigenvalue weighted by Crippen LogP contribution is 2.15. The summed E-state index contributed by atoms with van der Waals surface area (Å²) < 4.78 is 2.53. The van der Waals surface area contributed by atoms with Gasteiger partial charge in [-0.15, -0.1) is 11.3 Å². The van der Waals surface area contributed by atoms with Crippen LogP contribution in [0.1, 0.15) is 12.8 Å². The molecular weight excluding hydrogens is 234 g/mol. The molecule has 0 aromatic carbocycles. The number of rotatable bonds is 2. The van der Waals surface area contributed by atoms with Gasteiger partial charge in [0.25, 0.3) is 5.56 Å². The van der Waals surface area contributed by atoms with E-state index in [-0.39, 0.29) is 5.56 Å². The van der Waals surface area contributed by atoms with Crippen molar-refractivity contribution in [2.75, 3.05) is 13.1 Å². The minimum atomic E-state index is 0.107. The SMILES string of the molecule is O=c1c2sccc2ncn1CC1CCCNC1. The van der Waals surface area contributed by atoms with Crippen molar-refractivity contribution in [2.45, 2.75) is 19.4 Å². The topological polar surface area (TPSA) is 46.9 Å². The van der Waals surface area contributed by atoms with E-state index >= 15 is 0 Å². The van der Waals surface area contributed by atoms with Crippen molar-refractivity contribution in [1.29, 1.82) is 0 Å². The fourth-order valence-electron chi connectivity index (χ4n) is 2.37. The molecule has 0 saturated carbocycles. The summed E-state index contributed by atoms with van der Waals surface area (Å²) in [5, 5.41) is 5.30. The van der Waals surface area contributed by atoms with Crippen LogP contribution in [0.3, 0.4) is 0 Å². The Morgan fingerprint density at radius 2 is 2.53 bits per heavy atom. The van der Waals surface area contributed by atoms with Crippen LogP contribution in [0.25, 0.3) is 10.2 Å². The first-order chi connectivity index (χ1) is 8.34. The molecule has 1 aliphatic heterocycles. The molecule has 90 valence electrons. The Morgan fingerprint density at radius 3 is 3.35 bits per heavy atom. The summed E-state index contributed by atoms with van der Waals surface area (Å²) in [6, 6.07) is 1.90. The van der Waals surface area contributed by atoms with Gasteiger partial charge >= 0.3 is 0 Å². The first-order valence-corrected chi connectivity index (χ1v) is 6.86. The lowest BCUT2D eigenvalue weighted by atomic mass is 10.00. The molecule has 0 spiro atoms. The molecule has 2 aromatic heterocycles. The molecule has 1 unspecified atom stereocenters. The maximum Gasteiger partial charge on any atom is 0.271 e. The van der Waals surface area contributed by atoms with Crippen molar-refractivity contribution < 1.29 is 0 Å². The van der Waals surface area contributed by atoms with Crippen LogP contribution in [0.4, 0.5) is 0 Å². The predicted octanol–water partition coefficient (Wildman–Crippen LogP) is 1.46. The zero-order valence-corrected chi connectivity index (χ0v) is 10.4. The lowest BCUT2D eigenvalue weighted by Crippen LogP contribution is -2.34. The summed E-state index contributed by atoms with van der Waals surface area (Å²) in [5.74, 6) is 0.556. The number of nitrogens with one attached hydrogen (secondary N) is 1. The quantitative estimate of drug-likeness (QED) is 0.876. The van der Waals surface area contributed by atoms with E-state index in [1.165, 1.54) is 24.2 Å². The fraction of sp³-hybridized carbons (Fsp3) is 0.500. The van der Waals surface area contributed by atoms with Crippen LogP contribution in [0.5, 0.6) is 0 Å². The van der Waals surface area contributed by atoms with Gasteiger partial charge in [0.1, 0.15) is 4.70 Å². The second-order valence-electron chi connectivity index (χ2n) is 4.55. The molecule has 1 atom stereocenters. The first-order valence-electron chi connectivity index (χ1n) is 5.98. The van der Waals surface area contributed by atoms with Crippen molar-refractivity contribution in [2.24, 2.45) is 5.92 Å². The lowest BCUT2D eigenvalue weighted by molar-refractivity contribution is 0.333. The summed E-state index contributed by atoms with van der Waals surface area (Å²) in [6.45, 7) is 2.90. The van der Waals surface area contributed by atoms with Crippen LogP contribution in [-0.4, -0.2) is 22.6 Å². The Kier molecular flexibility index (Phi) is 2.94. The Bertz CT molecular complexity index is 568. The van der Waals surface area contributed by atoms with E-state index < -0.39 is 0 Å². The van der Waals surface area contributed by atoms with E-state index in [1.54, 1.807) is 10.9 Å². The highest BCUT2D eigenvalue weighted by molar-refractivity contribution is 7.17. The molecule has 5 heteroatoms. The molecule has 1 N–H and O–H groups in total. The van der Waals surface area contributed by atoms with Crippen LogP contribution in [0.15, 0.2) is 22.6 Å². The van der Waals surface area contributed by atoms with Gasteiger partial charge in [0, 0.05) is 6.54 Å². The summed E-state index contributed by atoms with van der Waals surface area (Å²) in [5.41, 5.74) is 0.925. The van der Waals surface area contributed by atoms with Gasteiger partial charge in [-0.05, 0) is 43.3 Å². The number of thiophene rings is 1. The largest absolute Gasteiger partial charge is 0.316 e. The number of hydrogen-bond donors (Lipinski definition) is 1. The summed E-state index contributed by atoms with van der Waals surface area (Å²) in [7, 11) is 0. The van der Waals surface area contributed by atoms with Gasteiger partial charge in [0.2, 0.25) is 0 Å². The minimum absolute atomic E-state index is 0.107. The van der Waals surface area contributed by atoms with Crippen LogP contribution in [0.2, 0.25) is 0 Å². The van der Waals surface area contributed by atoms with Crippen molar-refractivity contribution >= 4 is 21.6 Å². The normalized spacial score (nSPS) is 20.8. The third kappa shape index (κ3) is 2.12. The zero-order chi connectivity index (χ0) is 11.7. The van der Waals surface area contributed by atoms with Gasteiger partial charge in [-0.25, -0.2) is 4.98 Å². The predicted molar refractivity (Wildman–Crippen MR) is 69.5 cm³/mol. The number of hydrogen-bond acceptors (Lipinski definition) is 4. The lowest BCUT2D eigenvalue weighted by Gasteiger charge is -2.23. The van der Waals surface area contributed by atoms with E-state index in [9.17, 15) is 4.79 Å². The second kappa shape index (κ2) is 4.58. The van der Waals surface area contributed by atoms with Crippen LogP contribution in [0, 0.1) is 5.92 Å². The average Bonchev–Trinajstić information content (AvgIpc) is 2.83. The maximum absolute atomic E-state index is 12.2. The van der Waals surface area contributed by atoms with Crippen molar-refractivity contribution in [3.8, 4) is 0 Å². The minimum Gasteiger partial charge on any atom is -0.316 e. The van der Waals surface area contributed by atoms with Crippen molar-refractivity contribution in [3.05, 3.63) is 28.1 Å². The first kappa shape index (κ1) is 10.9. The monoisotopic (exact) mass is 249 g/mol. The highest BCUT2D eigenvalue weighted by atomic mass is 32.1. The average molecular weight is 249 g/mol. The Labute approximate surface area is 103 Å². The number of piperidine rings is 1. The summed E-state index contributed by atoms with van der Waals surface area (Å²) >= 11 is 1.48. The second-order valence-corrected chi connectivity index (χ2v) is 5.47. The summed E-state index contributed by atoms with van der Waals surface area (Å²) in [6.07, 6.45) is 4.09. The van der Waals surface area contributed by atoms with Gasteiger partial charge in [-0.1, -0.05) is 0 Å². The van der Waals surface area contributed by atoms with Gasteiger partial charge in [0.05, 0.1) is 11.8 Å². The summed E-state index contributed by atoms with van der Waals surface area (Å²) in [4.78, 5) is 16.5. The fourth-order valence-corrected chi connectivity index (χ4v) is 3.16. The molecule has 3 heterocycles. The van der Waals surface area contributed by atoms with E-state index in [0.29, 0.717) is 5.92 Å². The Morgan fingerprint density at radius 1 is 1.59 bits per heavy atom.